The predicted molar refractivity (Wildman–Crippen MR) is 208 cm³/mol. The van der Waals surface area contributed by atoms with Crippen molar-refractivity contribution < 1.29 is 57.5 Å². The molecule has 1 aliphatic rings. The maximum atomic E-state index is 13.6. The molecule has 1 fully saturated rings. The number of nitrogens with zero attached hydrogens (tertiary/aromatic N) is 2. The van der Waals surface area contributed by atoms with Crippen LogP contribution in [0.4, 0.5) is 5.82 Å². The van der Waals surface area contributed by atoms with Gasteiger partial charge >= 0.3 is 19.3 Å². The maximum Gasteiger partial charge on any atom is 0.362 e. The highest BCUT2D eigenvalue weighted by atomic mass is 31.2. The van der Waals surface area contributed by atoms with Crippen molar-refractivity contribution in [2.45, 2.75) is 36.3 Å². The largest absolute Gasteiger partial charge is 0.497 e. The van der Waals surface area contributed by atoms with E-state index in [4.69, 9.17) is 28.4 Å². The first-order valence-electron chi connectivity index (χ1n) is 18.0. The topological polar surface area (TPSA) is 214 Å². The van der Waals surface area contributed by atoms with Gasteiger partial charge in [-0.15, -0.1) is 0 Å². The van der Waals surface area contributed by atoms with E-state index < -0.39 is 67.8 Å². The van der Waals surface area contributed by atoms with Gasteiger partial charge in [0.1, 0.15) is 41.7 Å². The zero-order valence-electron chi connectivity index (χ0n) is 31.7. The number of nitrogens with one attached hydrogen (secondary N) is 1. The minimum absolute atomic E-state index is 0.0379. The van der Waals surface area contributed by atoms with Crippen LogP contribution in [0, 0.1) is 0 Å². The van der Waals surface area contributed by atoms with E-state index >= 15 is 0 Å². The molecule has 17 heteroatoms. The van der Waals surface area contributed by atoms with Gasteiger partial charge in [-0.3, -0.25) is 13.9 Å². The number of carbonyl (C=O) groups is 2. The summed E-state index contributed by atoms with van der Waals surface area (Å²) < 4.78 is 48.9. The molecule has 0 spiro atoms. The van der Waals surface area contributed by atoms with E-state index in [-0.39, 0.29) is 12.4 Å². The van der Waals surface area contributed by atoms with Crippen LogP contribution in [0.25, 0.3) is 0 Å². The first-order valence-corrected chi connectivity index (χ1v) is 19.6. The fourth-order valence-corrected chi connectivity index (χ4v) is 7.80. The second-order valence-electron chi connectivity index (χ2n) is 13.0. The van der Waals surface area contributed by atoms with Gasteiger partial charge < -0.3 is 48.6 Å². The molecule has 4 aromatic carbocycles. The van der Waals surface area contributed by atoms with Crippen molar-refractivity contribution in [2.75, 3.05) is 39.4 Å². The monoisotopic (exact) mass is 815 g/mol. The van der Waals surface area contributed by atoms with E-state index in [1.807, 2.05) is 6.07 Å². The van der Waals surface area contributed by atoms with Crippen LogP contribution >= 0.6 is 7.60 Å². The number of carbonyl (C=O) groups excluding carboxylic acids is 2. The van der Waals surface area contributed by atoms with Crippen LogP contribution in [0.15, 0.2) is 126 Å². The van der Waals surface area contributed by atoms with Crippen molar-refractivity contribution in [3.63, 3.8) is 0 Å². The molecule has 1 aromatic heterocycles. The fraction of sp³-hybridized carbons (Fsp3) is 0.268. The average Bonchev–Trinajstić information content (AvgIpc) is 3.53. The smallest absolute Gasteiger partial charge is 0.362 e. The molecule has 58 heavy (non-hydrogen) atoms. The lowest BCUT2D eigenvalue weighted by Gasteiger charge is -2.39. The lowest BCUT2D eigenvalue weighted by molar-refractivity contribution is -0.156. The zero-order chi connectivity index (χ0) is 41.5. The molecule has 4 N–H and O–H groups in total. The minimum Gasteiger partial charge on any atom is -0.497 e. The van der Waals surface area contributed by atoms with E-state index in [0.29, 0.717) is 33.8 Å². The summed E-state index contributed by atoms with van der Waals surface area (Å²) in [6.45, 7) is -0.0956. The summed E-state index contributed by atoms with van der Waals surface area (Å²) in [7, 11) is -2.68. The molecule has 304 valence electrons. The van der Waals surface area contributed by atoms with Crippen molar-refractivity contribution >= 4 is 25.3 Å². The Morgan fingerprint density at radius 3 is 1.93 bits per heavy atom. The van der Waals surface area contributed by atoms with Gasteiger partial charge in [0.25, 0.3) is 5.91 Å². The molecule has 0 radical (unpaired) electrons. The Balaban J connectivity index is 1.44. The number of ether oxygens (including phenoxy) is 6. The van der Waals surface area contributed by atoms with E-state index in [9.17, 15) is 33.8 Å². The van der Waals surface area contributed by atoms with E-state index in [1.165, 1.54) is 20.3 Å². The van der Waals surface area contributed by atoms with Gasteiger partial charge in [0.15, 0.2) is 6.23 Å². The van der Waals surface area contributed by atoms with Crippen LogP contribution in [0.1, 0.15) is 40.2 Å². The Morgan fingerprint density at radius 1 is 0.862 bits per heavy atom. The lowest BCUT2D eigenvalue weighted by atomic mass is 9.80. The number of rotatable bonds is 16. The number of benzene rings is 4. The second-order valence-corrected chi connectivity index (χ2v) is 14.8. The highest BCUT2D eigenvalue weighted by molar-refractivity contribution is 7.53. The van der Waals surface area contributed by atoms with Crippen LogP contribution in [0.5, 0.6) is 11.5 Å². The van der Waals surface area contributed by atoms with Crippen molar-refractivity contribution in [1.29, 1.82) is 0 Å². The number of amides is 1. The fourth-order valence-electron chi connectivity index (χ4n) is 6.75. The Labute approximate surface area is 333 Å². The summed E-state index contributed by atoms with van der Waals surface area (Å²) in [5.74, 6) is -0.523. The van der Waals surface area contributed by atoms with E-state index in [1.54, 1.807) is 110 Å². The summed E-state index contributed by atoms with van der Waals surface area (Å²) >= 11 is 0. The SMILES string of the molecule is CCOC(=O)COC1[C@H](n2ccc(NC(=O)c3ccccc3)nc2=O)O[C@H](COC(c2ccccc2)(c2ccc(OC)cc2)c2ccc(OC)cc2)C1(O)P(=O)(O)O. The Bertz CT molecular complexity index is 2240. The summed E-state index contributed by atoms with van der Waals surface area (Å²) in [6, 6.07) is 32.4. The molecule has 0 saturated carbocycles. The van der Waals surface area contributed by atoms with Gasteiger partial charge in [0.2, 0.25) is 5.34 Å². The molecule has 0 bridgehead atoms. The number of aliphatic hydroxyl groups is 1. The number of anilines is 1. The van der Waals surface area contributed by atoms with Crippen molar-refractivity contribution in [1.82, 2.24) is 9.55 Å². The van der Waals surface area contributed by atoms with Gasteiger partial charge in [-0.2, -0.15) is 4.98 Å². The molecule has 1 amide bonds. The molecule has 2 unspecified atom stereocenters. The third-order valence-electron chi connectivity index (χ3n) is 9.61. The molecule has 6 rings (SSSR count). The quantitative estimate of drug-likeness (QED) is 0.0624. The summed E-state index contributed by atoms with van der Waals surface area (Å²) in [5, 5.41) is 11.6. The number of hydrogen-bond donors (Lipinski definition) is 4. The Hall–Kier alpha value is -5.71. The Morgan fingerprint density at radius 2 is 1.41 bits per heavy atom. The van der Waals surface area contributed by atoms with Gasteiger partial charge in [-0.05, 0) is 66.1 Å². The third kappa shape index (κ3) is 8.44. The molecule has 1 saturated heterocycles. The minimum atomic E-state index is -5.72. The van der Waals surface area contributed by atoms with Crippen molar-refractivity contribution in [3.8, 4) is 11.5 Å². The number of hydrogen-bond acceptors (Lipinski definition) is 12. The number of esters is 1. The molecule has 5 aromatic rings. The summed E-state index contributed by atoms with van der Waals surface area (Å²) in [5.41, 5.74) is -0.584. The van der Waals surface area contributed by atoms with E-state index in [2.05, 4.69) is 10.3 Å². The lowest BCUT2D eigenvalue weighted by Crippen LogP contribution is -2.52. The van der Waals surface area contributed by atoms with Crippen LogP contribution in [-0.4, -0.2) is 87.9 Å². The summed E-state index contributed by atoms with van der Waals surface area (Å²) in [6.07, 6.45) is -4.65. The van der Waals surface area contributed by atoms with Gasteiger partial charge in [0, 0.05) is 11.8 Å². The zero-order valence-corrected chi connectivity index (χ0v) is 32.6. The predicted octanol–water partition coefficient (Wildman–Crippen LogP) is 4.23. The first kappa shape index (κ1) is 41.9. The van der Waals surface area contributed by atoms with Gasteiger partial charge in [-0.25, -0.2) is 9.59 Å². The molecule has 2 heterocycles. The highest BCUT2D eigenvalue weighted by Crippen LogP contribution is 2.60. The van der Waals surface area contributed by atoms with Crippen LogP contribution in [-0.2, 0) is 33.9 Å². The van der Waals surface area contributed by atoms with Gasteiger partial charge in [0.05, 0.1) is 27.4 Å². The van der Waals surface area contributed by atoms with Crippen LogP contribution in [0.3, 0.4) is 0 Å². The van der Waals surface area contributed by atoms with Crippen LogP contribution in [0.2, 0.25) is 0 Å². The van der Waals surface area contributed by atoms with Crippen molar-refractivity contribution in [2.24, 2.45) is 0 Å². The molecule has 1 aliphatic heterocycles. The second kappa shape index (κ2) is 17.8. The highest BCUT2D eigenvalue weighted by Gasteiger charge is 2.67. The van der Waals surface area contributed by atoms with Crippen molar-refractivity contribution in [3.05, 3.63) is 154 Å². The average molecular weight is 816 g/mol. The molecule has 0 aliphatic carbocycles. The first-order chi connectivity index (χ1) is 27.8. The molecular weight excluding hydrogens is 773 g/mol. The number of aromatic nitrogens is 2. The van der Waals surface area contributed by atoms with E-state index in [0.717, 1.165) is 10.8 Å². The van der Waals surface area contributed by atoms with Gasteiger partial charge in [-0.1, -0.05) is 72.8 Å². The molecule has 16 nitrogen and oxygen atoms in total. The standard InChI is InChI=1S/C41H42N3O13P/c1-4-54-35(45)26-55-36-38(44-24-23-34(43-39(44)47)42-37(46)27-11-7-5-8-12-27)57-33(41(36,48)58(49,50)51)25-56-40(28-13-9-6-10-14-28,29-15-19-31(52-2)20-16-29)30-17-21-32(53-3)22-18-30/h5-24,33,36,38,48H,4,25-26H2,1-3H3,(H2,49,50,51)(H,42,43,46,47)/t33-,36?,38-,41?/m1/s1. The number of methoxy groups -OCH3 is 2. The maximum absolute atomic E-state index is 13.6. The molecule has 4 atom stereocenters. The Kier molecular flexibility index (Phi) is 12.9. The normalized spacial score (nSPS) is 19.3. The summed E-state index contributed by atoms with van der Waals surface area (Å²) in [4.78, 5) is 64.7. The third-order valence-corrected chi connectivity index (χ3v) is 11.1. The van der Waals surface area contributed by atoms with Crippen LogP contribution < -0.4 is 20.5 Å². The molecular formula is C41H42N3O13P.